The van der Waals surface area contributed by atoms with Crippen LogP contribution in [-0.2, 0) is 0 Å². The Labute approximate surface area is 130 Å². The van der Waals surface area contributed by atoms with Crippen LogP contribution in [0.2, 0.25) is 0 Å². The summed E-state index contributed by atoms with van der Waals surface area (Å²) >= 11 is 0. The first kappa shape index (κ1) is 14.9. The van der Waals surface area contributed by atoms with Gasteiger partial charge in [-0.05, 0) is 50.5 Å². The van der Waals surface area contributed by atoms with Gasteiger partial charge in [-0.3, -0.25) is 4.79 Å². The summed E-state index contributed by atoms with van der Waals surface area (Å²) in [5.74, 6) is 1.55. The highest BCUT2D eigenvalue weighted by Gasteiger charge is 2.39. The molecule has 0 radical (unpaired) electrons. The molecule has 22 heavy (non-hydrogen) atoms. The minimum absolute atomic E-state index is 0.0209. The number of carbonyl (C=O) groups is 1. The number of carbonyl (C=O) groups excluding carboxylic acids is 1. The number of fused-ring (bicyclic) bond motifs is 1. The molecule has 1 saturated heterocycles. The highest BCUT2D eigenvalue weighted by molar-refractivity contribution is 6.09. The second-order valence-electron chi connectivity index (χ2n) is 6.03. The third kappa shape index (κ3) is 2.57. The lowest BCUT2D eigenvalue weighted by Crippen LogP contribution is -2.55. The number of ether oxygens (including phenoxy) is 1. The van der Waals surface area contributed by atoms with Crippen LogP contribution < -0.4 is 10.1 Å². The molecule has 0 aromatic heterocycles. The minimum Gasteiger partial charge on any atom is -0.497 e. The van der Waals surface area contributed by atoms with Crippen molar-refractivity contribution in [3.8, 4) is 5.75 Å². The van der Waals surface area contributed by atoms with E-state index < -0.39 is 5.72 Å². The van der Waals surface area contributed by atoms with Gasteiger partial charge in [0.05, 0.1) is 7.11 Å². The molecule has 1 atom stereocenters. The Morgan fingerprint density at radius 1 is 1.36 bits per heavy atom. The number of methoxy groups -OCH3 is 1. The summed E-state index contributed by atoms with van der Waals surface area (Å²) in [6.45, 7) is 3.42. The van der Waals surface area contributed by atoms with Gasteiger partial charge < -0.3 is 20.1 Å². The van der Waals surface area contributed by atoms with Crippen LogP contribution in [0.15, 0.2) is 35.7 Å². The van der Waals surface area contributed by atoms with E-state index in [-0.39, 0.29) is 5.78 Å². The van der Waals surface area contributed by atoms with Crippen LogP contribution >= 0.6 is 0 Å². The van der Waals surface area contributed by atoms with E-state index in [1.54, 1.807) is 31.4 Å². The zero-order chi connectivity index (χ0) is 15.7. The van der Waals surface area contributed by atoms with Crippen molar-refractivity contribution in [2.45, 2.75) is 31.9 Å². The molecule has 2 N–H and O–H groups in total. The Kier molecular flexibility index (Phi) is 3.83. The number of nitrogens with zero attached hydrogens (tertiary/aromatic N) is 1. The van der Waals surface area contributed by atoms with Gasteiger partial charge in [0.25, 0.3) is 0 Å². The number of benzene rings is 1. The third-order valence-electron chi connectivity index (χ3n) is 4.46. The maximum atomic E-state index is 12.8. The standard InChI is InChI=1S/C17H22N2O3/c1-17(21)9-8-14(16-18-10-3-11-19(16)17)15(20)12-4-6-13(22-2)7-5-12/h4-7,18,21H,3,8-11H2,1-2H3. The van der Waals surface area contributed by atoms with Gasteiger partial charge in [0.15, 0.2) is 5.78 Å². The Hall–Kier alpha value is -2.01. The molecular formula is C17H22N2O3. The van der Waals surface area contributed by atoms with Crippen LogP contribution in [0.1, 0.15) is 36.5 Å². The van der Waals surface area contributed by atoms with Gasteiger partial charge in [-0.25, -0.2) is 0 Å². The van der Waals surface area contributed by atoms with Crippen LogP contribution in [0, 0.1) is 0 Å². The predicted octanol–water partition coefficient (Wildman–Crippen LogP) is 1.89. The van der Waals surface area contributed by atoms with Crippen molar-refractivity contribution in [2.75, 3.05) is 20.2 Å². The molecular weight excluding hydrogens is 280 g/mol. The van der Waals surface area contributed by atoms with Crippen molar-refractivity contribution in [3.63, 3.8) is 0 Å². The lowest BCUT2D eigenvalue weighted by atomic mass is 9.90. The van der Waals surface area contributed by atoms with Crippen molar-refractivity contribution in [1.82, 2.24) is 10.2 Å². The summed E-state index contributed by atoms with van der Waals surface area (Å²) in [5.41, 5.74) is 0.528. The number of hydrogen-bond donors (Lipinski definition) is 2. The molecule has 5 heteroatoms. The molecule has 0 aliphatic carbocycles. The van der Waals surface area contributed by atoms with E-state index in [1.807, 2.05) is 11.8 Å². The van der Waals surface area contributed by atoms with Gasteiger partial charge in [-0.1, -0.05) is 0 Å². The summed E-state index contributed by atoms with van der Waals surface area (Å²) in [6, 6.07) is 7.16. The normalized spacial score (nSPS) is 24.6. The fourth-order valence-electron chi connectivity index (χ4n) is 3.16. The summed E-state index contributed by atoms with van der Waals surface area (Å²) < 4.78 is 5.13. The third-order valence-corrected chi connectivity index (χ3v) is 4.46. The molecule has 1 aromatic carbocycles. The number of ketones is 1. The van der Waals surface area contributed by atoms with E-state index >= 15 is 0 Å². The topological polar surface area (TPSA) is 61.8 Å². The monoisotopic (exact) mass is 302 g/mol. The van der Waals surface area contributed by atoms with Gasteiger partial charge in [0, 0.05) is 24.2 Å². The molecule has 2 heterocycles. The fourth-order valence-corrected chi connectivity index (χ4v) is 3.16. The van der Waals surface area contributed by atoms with E-state index in [4.69, 9.17) is 4.74 Å². The van der Waals surface area contributed by atoms with E-state index in [2.05, 4.69) is 5.32 Å². The average molecular weight is 302 g/mol. The summed E-state index contributed by atoms with van der Waals surface area (Å²) in [7, 11) is 1.61. The summed E-state index contributed by atoms with van der Waals surface area (Å²) in [6.07, 6.45) is 2.11. The van der Waals surface area contributed by atoms with Gasteiger partial charge in [-0.2, -0.15) is 0 Å². The molecule has 1 fully saturated rings. The Morgan fingerprint density at radius 3 is 2.77 bits per heavy atom. The lowest BCUT2D eigenvalue weighted by Gasteiger charge is -2.47. The van der Waals surface area contributed by atoms with Crippen molar-refractivity contribution in [2.24, 2.45) is 0 Å². The van der Waals surface area contributed by atoms with Crippen molar-refractivity contribution >= 4 is 5.78 Å². The fraction of sp³-hybridized carbons (Fsp3) is 0.471. The van der Waals surface area contributed by atoms with E-state index in [1.165, 1.54) is 0 Å². The quantitative estimate of drug-likeness (QED) is 0.835. The number of rotatable bonds is 3. The van der Waals surface area contributed by atoms with E-state index in [0.717, 1.165) is 36.7 Å². The van der Waals surface area contributed by atoms with Crippen molar-refractivity contribution in [1.29, 1.82) is 0 Å². The predicted molar refractivity (Wildman–Crippen MR) is 83.5 cm³/mol. The summed E-state index contributed by atoms with van der Waals surface area (Å²) in [4.78, 5) is 14.7. The Bertz CT molecular complexity index is 605. The van der Waals surface area contributed by atoms with Crippen LogP contribution in [-0.4, -0.2) is 41.7 Å². The molecule has 2 aliphatic heterocycles. The van der Waals surface area contributed by atoms with Crippen molar-refractivity contribution < 1.29 is 14.6 Å². The van der Waals surface area contributed by atoms with Gasteiger partial charge in [-0.15, -0.1) is 0 Å². The second-order valence-corrected chi connectivity index (χ2v) is 6.03. The molecule has 2 aliphatic rings. The number of Topliss-reactive ketones (excluding diaryl/α,β-unsaturated/α-hetero) is 1. The molecule has 0 spiro atoms. The van der Waals surface area contributed by atoms with Crippen molar-refractivity contribution in [3.05, 3.63) is 41.2 Å². The largest absolute Gasteiger partial charge is 0.497 e. The average Bonchev–Trinajstić information content (AvgIpc) is 2.55. The van der Waals surface area contributed by atoms with E-state index in [9.17, 15) is 9.90 Å². The molecule has 0 saturated carbocycles. The minimum atomic E-state index is -0.882. The van der Waals surface area contributed by atoms with Crippen LogP contribution in [0.5, 0.6) is 5.75 Å². The first-order valence-electron chi connectivity index (χ1n) is 7.69. The van der Waals surface area contributed by atoms with Crippen LogP contribution in [0.4, 0.5) is 0 Å². The molecule has 5 nitrogen and oxygen atoms in total. The van der Waals surface area contributed by atoms with Gasteiger partial charge >= 0.3 is 0 Å². The molecule has 118 valence electrons. The Balaban J connectivity index is 1.94. The number of nitrogens with one attached hydrogen (secondary N) is 1. The molecule has 1 aromatic rings. The maximum Gasteiger partial charge on any atom is 0.192 e. The molecule has 0 amide bonds. The van der Waals surface area contributed by atoms with Crippen LogP contribution in [0.3, 0.4) is 0 Å². The highest BCUT2D eigenvalue weighted by Crippen LogP contribution is 2.35. The molecule has 1 unspecified atom stereocenters. The first-order valence-corrected chi connectivity index (χ1v) is 7.69. The second kappa shape index (κ2) is 5.65. The van der Waals surface area contributed by atoms with Gasteiger partial charge in [0.1, 0.15) is 17.3 Å². The lowest BCUT2D eigenvalue weighted by molar-refractivity contribution is -0.0964. The number of allylic oxidation sites excluding steroid dienone is 1. The molecule has 0 bridgehead atoms. The smallest absolute Gasteiger partial charge is 0.192 e. The first-order chi connectivity index (χ1) is 10.5. The SMILES string of the molecule is COc1ccc(C(=O)C2=C3NCCCN3C(C)(O)CC2)cc1. The zero-order valence-corrected chi connectivity index (χ0v) is 13.1. The van der Waals surface area contributed by atoms with Crippen LogP contribution in [0.25, 0.3) is 0 Å². The van der Waals surface area contributed by atoms with Gasteiger partial charge in [0.2, 0.25) is 0 Å². The highest BCUT2D eigenvalue weighted by atomic mass is 16.5. The Morgan fingerprint density at radius 2 is 2.09 bits per heavy atom. The number of hydrogen-bond acceptors (Lipinski definition) is 5. The summed E-state index contributed by atoms with van der Waals surface area (Å²) in [5, 5.41) is 13.8. The molecule has 3 rings (SSSR count). The van der Waals surface area contributed by atoms with E-state index in [0.29, 0.717) is 18.4 Å². The zero-order valence-electron chi connectivity index (χ0n) is 13.1. The number of aliphatic hydroxyl groups is 1. The maximum absolute atomic E-state index is 12.8.